The van der Waals surface area contributed by atoms with E-state index in [0.29, 0.717) is 6.61 Å². The average Bonchev–Trinajstić information content (AvgIpc) is 2.64. The van der Waals surface area contributed by atoms with Crippen LogP contribution in [-0.2, 0) is 4.74 Å². The Kier molecular flexibility index (Phi) is 3.00. The average molecular weight is 222 g/mol. The van der Waals surface area contributed by atoms with E-state index in [1.807, 2.05) is 6.92 Å². The van der Waals surface area contributed by atoms with Gasteiger partial charge in [0.1, 0.15) is 11.5 Å². The van der Waals surface area contributed by atoms with Gasteiger partial charge >= 0.3 is 0 Å². The van der Waals surface area contributed by atoms with Gasteiger partial charge in [0, 0.05) is 6.61 Å². The molecule has 0 aliphatic carbocycles. The van der Waals surface area contributed by atoms with Crippen LogP contribution in [0.25, 0.3) is 0 Å². The third-order valence-electron chi connectivity index (χ3n) is 2.58. The van der Waals surface area contributed by atoms with Crippen LogP contribution >= 0.6 is 0 Å². The number of nitrogens with zero attached hydrogens (tertiary/aromatic N) is 2. The predicted molar refractivity (Wildman–Crippen MR) is 57.7 cm³/mol. The first-order valence-electron chi connectivity index (χ1n) is 5.17. The Morgan fingerprint density at radius 1 is 1.62 bits per heavy atom. The molecule has 2 unspecified atom stereocenters. The maximum atomic E-state index is 11.8. The van der Waals surface area contributed by atoms with Crippen LogP contribution in [0.5, 0.6) is 0 Å². The van der Waals surface area contributed by atoms with Crippen molar-refractivity contribution >= 4 is 11.7 Å². The molecule has 2 atom stereocenters. The molecule has 2 heterocycles. The summed E-state index contributed by atoms with van der Waals surface area (Å²) in [6.45, 7) is 2.61. The number of aromatic nitrogens is 2. The third-order valence-corrected chi connectivity index (χ3v) is 2.58. The molecule has 1 aromatic rings. The zero-order valence-electron chi connectivity index (χ0n) is 9.01. The molecule has 0 radical (unpaired) electrons. The molecule has 0 aromatic carbocycles. The number of nitrogens with one attached hydrogen (secondary N) is 1. The molecule has 0 spiro atoms. The van der Waals surface area contributed by atoms with Gasteiger partial charge in [0.05, 0.1) is 24.5 Å². The Morgan fingerprint density at radius 3 is 3.06 bits per heavy atom. The molecule has 1 aromatic heterocycles. The van der Waals surface area contributed by atoms with Gasteiger partial charge in [0.2, 0.25) is 0 Å². The summed E-state index contributed by atoms with van der Waals surface area (Å²) >= 11 is 0. The molecule has 0 saturated carbocycles. The largest absolute Gasteiger partial charge is 0.382 e. The van der Waals surface area contributed by atoms with Gasteiger partial charge in [-0.25, -0.2) is 4.98 Å². The number of hydrogen-bond donors (Lipinski definition) is 2. The first-order valence-corrected chi connectivity index (χ1v) is 5.17. The highest BCUT2D eigenvalue weighted by molar-refractivity contribution is 5.92. The van der Waals surface area contributed by atoms with Crippen LogP contribution < -0.4 is 11.1 Å². The van der Waals surface area contributed by atoms with E-state index >= 15 is 0 Å². The van der Waals surface area contributed by atoms with Crippen LogP contribution in [0.2, 0.25) is 0 Å². The predicted octanol–water partition coefficient (Wildman–Crippen LogP) is -0.0340. The smallest absolute Gasteiger partial charge is 0.271 e. The standard InChI is InChI=1S/C10H14N4O2/c1-6-7(2-3-16-6)14-10(15)8-4-12-5-9(11)13-8/h4-7H,2-3H2,1H3,(H2,11,13)(H,14,15). The summed E-state index contributed by atoms with van der Waals surface area (Å²) in [6.07, 6.45) is 3.66. The highest BCUT2D eigenvalue weighted by Gasteiger charge is 2.26. The van der Waals surface area contributed by atoms with Crippen molar-refractivity contribution in [1.82, 2.24) is 15.3 Å². The van der Waals surface area contributed by atoms with Crippen molar-refractivity contribution in [2.45, 2.75) is 25.5 Å². The van der Waals surface area contributed by atoms with E-state index in [1.165, 1.54) is 12.4 Å². The minimum absolute atomic E-state index is 0.0377. The number of hydrogen-bond acceptors (Lipinski definition) is 5. The Balaban J connectivity index is 2.03. The first-order chi connectivity index (χ1) is 7.66. The fraction of sp³-hybridized carbons (Fsp3) is 0.500. The lowest BCUT2D eigenvalue weighted by atomic mass is 10.1. The fourth-order valence-corrected chi connectivity index (χ4v) is 1.65. The van der Waals surface area contributed by atoms with Crippen LogP contribution in [-0.4, -0.2) is 34.6 Å². The quantitative estimate of drug-likeness (QED) is 0.733. The van der Waals surface area contributed by atoms with E-state index in [0.717, 1.165) is 6.42 Å². The fourth-order valence-electron chi connectivity index (χ4n) is 1.65. The normalized spacial score (nSPS) is 24.3. The molecule has 1 aliphatic rings. The molecule has 16 heavy (non-hydrogen) atoms. The first kappa shape index (κ1) is 10.8. The van der Waals surface area contributed by atoms with Crippen LogP contribution in [0.4, 0.5) is 5.82 Å². The summed E-state index contributed by atoms with van der Waals surface area (Å²) in [5, 5.41) is 2.85. The van der Waals surface area contributed by atoms with Gasteiger partial charge < -0.3 is 15.8 Å². The van der Waals surface area contributed by atoms with Crippen LogP contribution in [0, 0.1) is 0 Å². The molecule has 6 heteroatoms. The molecule has 3 N–H and O–H groups in total. The molecule has 2 rings (SSSR count). The zero-order chi connectivity index (χ0) is 11.5. The summed E-state index contributed by atoms with van der Waals surface area (Å²) in [7, 11) is 0. The Morgan fingerprint density at radius 2 is 2.44 bits per heavy atom. The van der Waals surface area contributed by atoms with Gasteiger partial charge in [0.25, 0.3) is 5.91 Å². The summed E-state index contributed by atoms with van der Waals surface area (Å²) < 4.78 is 5.35. The summed E-state index contributed by atoms with van der Waals surface area (Å²) in [5.41, 5.74) is 5.69. The van der Waals surface area contributed by atoms with Crippen molar-refractivity contribution in [1.29, 1.82) is 0 Å². The monoisotopic (exact) mass is 222 g/mol. The van der Waals surface area contributed by atoms with E-state index < -0.39 is 0 Å². The highest BCUT2D eigenvalue weighted by atomic mass is 16.5. The van der Waals surface area contributed by atoms with Crippen molar-refractivity contribution < 1.29 is 9.53 Å². The number of carbonyl (C=O) groups is 1. The van der Waals surface area contributed by atoms with E-state index in [-0.39, 0.29) is 29.6 Å². The maximum absolute atomic E-state index is 11.8. The lowest BCUT2D eigenvalue weighted by Gasteiger charge is -2.15. The second kappa shape index (κ2) is 4.44. The molecule has 0 bridgehead atoms. The minimum atomic E-state index is -0.262. The number of anilines is 1. The van der Waals surface area contributed by atoms with Crippen LogP contribution in [0.1, 0.15) is 23.8 Å². The Hall–Kier alpha value is -1.69. The number of carbonyl (C=O) groups excluding carboxylic acids is 1. The van der Waals surface area contributed by atoms with Crippen molar-refractivity contribution in [3.8, 4) is 0 Å². The topological polar surface area (TPSA) is 90.1 Å². The molecule has 6 nitrogen and oxygen atoms in total. The number of nitrogens with two attached hydrogens (primary N) is 1. The van der Waals surface area contributed by atoms with E-state index in [2.05, 4.69) is 15.3 Å². The molecular weight excluding hydrogens is 208 g/mol. The van der Waals surface area contributed by atoms with E-state index in [9.17, 15) is 4.79 Å². The van der Waals surface area contributed by atoms with Gasteiger partial charge in [0.15, 0.2) is 0 Å². The SMILES string of the molecule is CC1OCCC1NC(=O)c1cncc(N)n1. The number of amides is 1. The van der Waals surface area contributed by atoms with Crippen LogP contribution in [0.15, 0.2) is 12.4 Å². The van der Waals surface area contributed by atoms with Gasteiger partial charge in [-0.1, -0.05) is 0 Å². The molecule has 1 amide bonds. The van der Waals surface area contributed by atoms with E-state index in [1.54, 1.807) is 0 Å². The molecule has 1 saturated heterocycles. The lowest BCUT2D eigenvalue weighted by Crippen LogP contribution is -2.39. The Labute approximate surface area is 93.2 Å². The van der Waals surface area contributed by atoms with Gasteiger partial charge in [-0.15, -0.1) is 0 Å². The van der Waals surface area contributed by atoms with Crippen molar-refractivity contribution in [3.63, 3.8) is 0 Å². The van der Waals surface area contributed by atoms with Gasteiger partial charge in [-0.05, 0) is 13.3 Å². The van der Waals surface area contributed by atoms with Gasteiger partial charge in [-0.2, -0.15) is 0 Å². The number of rotatable bonds is 2. The maximum Gasteiger partial charge on any atom is 0.271 e. The molecule has 1 fully saturated rings. The molecule has 1 aliphatic heterocycles. The number of nitrogen functional groups attached to an aromatic ring is 1. The molecule has 86 valence electrons. The molecular formula is C10H14N4O2. The van der Waals surface area contributed by atoms with Gasteiger partial charge in [-0.3, -0.25) is 9.78 Å². The zero-order valence-corrected chi connectivity index (χ0v) is 9.01. The van der Waals surface area contributed by atoms with Crippen LogP contribution in [0.3, 0.4) is 0 Å². The number of ether oxygens (including phenoxy) is 1. The lowest BCUT2D eigenvalue weighted by molar-refractivity contribution is 0.0861. The summed E-state index contributed by atoms with van der Waals surface area (Å²) in [5.74, 6) is -0.0227. The van der Waals surface area contributed by atoms with Crippen molar-refractivity contribution in [3.05, 3.63) is 18.1 Å². The Bertz CT molecular complexity index is 396. The highest BCUT2D eigenvalue weighted by Crippen LogP contribution is 2.13. The minimum Gasteiger partial charge on any atom is -0.382 e. The second-order valence-corrected chi connectivity index (χ2v) is 3.77. The van der Waals surface area contributed by atoms with Crippen molar-refractivity contribution in [2.24, 2.45) is 0 Å². The van der Waals surface area contributed by atoms with E-state index in [4.69, 9.17) is 10.5 Å². The third kappa shape index (κ3) is 2.27. The summed E-state index contributed by atoms with van der Waals surface area (Å²) in [4.78, 5) is 19.5. The second-order valence-electron chi connectivity index (χ2n) is 3.77. The summed E-state index contributed by atoms with van der Waals surface area (Å²) in [6, 6.07) is 0.0377. The van der Waals surface area contributed by atoms with Crippen molar-refractivity contribution in [2.75, 3.05) is 12.3 Å².